The number of rotatable bonds is 5. The molecule has 0 spiro atoms. The van der Waals surface area contributed by atoms with Gasteiger partial charge in [0.1, 0.15) is 17.5 Å². The van der Waals surface area contributed by atoms with E-state index < -0.39 is 17.7 Å². The van der Waals surface area contributed by atoms with Crippen LogP contribution in [0.15, 0.2) is 22.7 Å². The highest BCUT2D eigenvalue weighted by atomic mass is 79.9. The number of hydrogen-bond acceptors (Lipinski definition) is 3. The molecule has 0 heterocycles. The zero-order valence-corrected chi connectivity index (χ0v) is 15.3. The van der Waals surface area contributed by atoms with E-state index in [4.69, 9.17) is 4.74 Å². The molecule has 0 aliphatic heterocycles. The summed E-state index contributed by atoms with van der Waals surface area (Å²) < 4.78 is 18.6. The van der Waals surface area contributed by atoms with Gasteiger partial charge < -0.3 is 15.4 Å². The van der Waals surface area contributed by atoms with Gasteiger partial charge in [-0.3, -0.25) is 4.79 Å². The van der Waals surface area contributed by atoms with Crippen molar-refractivity contribution in [2.75, 3.05) is 6.54 Å². The van der Waals surface area contributed by atoms with Gasteiger partial charge in [0.15, 0.2) is 0 Å². The van der Waals surface area contributed by atoms with Gasteiger partial charge in [-0.15, -0.1) is 0 Å². The SMILES string of the molecule is C[C@@H](NC(=O)OC(C)(C)C)C(=O)NCCc1ccc(F)c(Br)c1. The standard InChI is InChI=1S/C16H22BrFN2O3/c1-10(20-15(22)23-16(2,3)4)14(21)19-8-7-11-5-6-13(18)12(17)9-11/h5-6,9-10H,7-8H2,1-4H3,(H,19,21)(H,20,22)/t10-/m1/s1. The molecule has 0 aliphatic carbocycles. The van der Waals surface area contributed by atoms with Crippen LogP contribution >= 0.6 is 15.9 Å². The Bertz CT molecular complexity index is 573. The molecule has 23 heavy (non-hydrogen) atoms. The van der Waals surface area contributed by atoms with E-state index in [1.54, 1.807) is 39.8 Å². The first-order valence-electron chi connectivity index (χ1n) is 7.29. The Morgan fingerprint density at radius 3 is 2.57 bits per heavy atom. The van der Waals surface area contributed by atoms with E-state index in [-0.39, 0.29) is 11.7 Å². The van der Waals surface area contributed by atoms with Crippen LogP contribution < -0.4 is 10.6 Å². The molecule has 1 aromatic rings. The van der Waals surface area contributed by atoms with Crippen molar-refractivity contribution in [1.29, 1.82) is 0 Å². The number of amides is 2. The maximum absolute atomic E-state index is 13.1. The molecule has 5 nitrogen and oxygen atoms in total. The molecule has 0 unspecified atom stereocenters. The number of carbonyl (C=O) groups is 2. The van der Waals surface area contributed by atoms with Crippen molar-refractivity contribution in [2.45, 2.75) is 45.8 Å². The molecule has 0 radical (unpaired) electrons. The van der Waals surface area contributed by atoms with Crippen LogP contribution in [0.2, 0.25) is 0 Å². The third-order valence-corrected chi connectivity index (χ3v) is 3.43. The molecular weight excluding hydrogens is 367 g/mol. The molecule has 7 heteroatoms. The second-order valence-electron chi connectivity index (χ2n) is 6.16. The highest BCUT2D eigenvalue weighted by molar-refractivity contribution is 9.10. The van der Waals surface area contributed by atoms with E-state index in [0.717, 1.165) is 5.56 Å². The maximum Gasteiger partial charge on any atom is 0.408 e. The number of ether oxygens (including phenoxy) is 1. The number of carbonyl (C=O) groups excluding carboxylic acids is 2. The molecule has 2 N–H and O–H groups in total. The summed E-state index contributed by atoms with van der Waals surface area (Å²) >= 11 is 3.12. The lowest BCUT2D eigenvalue weighted by atomic mass is 10.1. The molecule has 0 fully saturated rings. The summed E-state index contributed by atoms with van der Waals surface area (Å²) in [5.74, 6) is -0.634. The van der Waals surface area contributed by atoms with Crippen molar-refractivity contribution in [2.24, 2.45) is 0 Å². The molecule has 0 aromatic heterocycles. The van der Waals surface area contributed by atoms with Crippen molar-refractivity contribution < 1.29 is 18.7 Å². The first kappa shape index (κ1) is 19.4. The molecule has 0 aliphatic rings. The van der Waals surface area contributed by atoms with Gasteiger partial charge in [-0.05, 0) is 67.7 Å². The fraction of sp³-hybridized carbons (Fsp3) is 0.500. The summed E-state index contributed by atoms with van der Waals surface area (Å²) in [6.07, 6.45) is -0.0772. The maximum atomic E-state index is 13.1. The molecule has 1 rings (SSSR count). The smallest absolute Gasteiger partial charge is 0.408 e. The van der Waals surface area contributed by atoms with Crippen molar-refractivity contribution in [3.63, 3.8) is 0 Å². The van der Waals surface area contributed by atoms with Gasteiger partial charge in [0.25, 0.3) is 0 Å². The first-order chi connectivity index (χ1) is 10.6. The molecule has 1 atom stereocenters. The summed E-state index contributed by atoms with van der Waals surface area (Å²) in [4.78, 5) is 23.5. The van der Waals surface area contributed by atoms with Crippen LogP contribution in [0.4, 0.5) is 9.18 Å². The van der Waals surface area contributed by atoms with Gasteiger partial charge in [0, 0.05) is 6.54 Å². The van der Waals surface area contributed by atoms with Gasteiger partial charge in [0.05, 0.1) is 4.47 Å². The van der Waals surface area contributed by atoms with E-state index in [0.29, 0.717) is 17.4 Å². The number of halogens is 2. The van der Waals surface area contributed by atoms with E-state index >= 15 is 0 Å². The summed E-state index contributed by atoms with van der Waals surface area (Å²) in [5, 5.41) is 5.19. The monoisotopic (exact) mass is 388 g/mol. The third kappa shape index (κ3) is 7.45. The molecule has 1 aromatic carbocycles. The highest BCUT2D eigenvalue weighted by Gasteiger charge is 2.20. The summed E-state index contributed by atoms with van der Waals surface area (Å²) in [6, 6.07) is 4.00. The van der Waals surface area contributed by atoms with Crippen LogP contribution in [0.1, 0.15) is 33.3 Å². The minimum atomic E-state index is -0.704. The minimum absolute atomic E-state index is 0.308. The average Bonchev–Trinajstić information content (AvgIpc) is 2.40. The second kappa shape index (κ2) is 8.29. The number of nitrogens with one attached hydrogen (secondary N) is 2. The van der Waals surface area contributed by atoms with Crippen LogP contribution in [0.3, 0.4) is 0 Å². The molecule has 0 saturated carbocycles. The highest BCUT2D eigenvalue weighted by Crippen LogP contribution is 2.16. The molecule has 0 saturated heterocycles. The summed E-state index contributed by atoms with van der Waals surface area (Å²) in [6.45, 7) is 7.21. The number of benzene rings is 1. The van der Waals surface area contributed by atoms with Crippen molar-refractivity contribution in [3.05, 3.63) is 34.1 Å². The van der Waals surface area contributed by atoms with Gasteiger partial charge in [-0.25, -0.2) is 9.18 Å². The quantitative estimate of drug-likeness (QED) is 0.813. The van der Waals surface area contributed by atoms with Crippen LogP contribution in [-0.2, 0) is 16.0 Å². The number of hydrogen-bond donors (Lipinski definition) is 2. The Balaban J connectivity index is 2.38. The Hall–Kier alpha value is -1.63. The Morgan fingerprint density at radius 2 is 2.00 bits per heavy atom. The zero-order chi connectivity index (χ0) is 17.6. The van der Waals surface area contributed by atoms with Crippen LogP contribution in [0, 0.1) is 5.82 Å². The van der Waals surface area contributed by atoms with Gasteiger partial charge in [-0.2, -0.15) is 0 Å². The first-order valence-corrected chi connectivity index (χ1v) is 8.09. The second-order valence-corrected chi connectivity index (χ2v) is 7.01. The Kier molecular flexibility index (Phi) is 7.00. The number of alkyl carbamates (subject to hydrolysis) is 1. The largest absolute Gasteiger partial charge is 0.444 e. The molecule has 2 amide bonds. The summed E-state index contributed by atoms with van der Waals surface area (Å²) in [7, 11) is 0. The normalized spacial score (nSPS) is 12.4. The Labute approximate surface area is 144 Å². The minimum Gasteiger partial charge on any atom is -0.444 e. The summed E-state index contributed by atoms with van der Waals surface area (Å²) in [5.41, 5.74) is 0.280. The lowest BCUT2D eigenvalue weighted by Gasteiger charge is -2.21. The van der Waals surface area contributed by atoms with E-state index in [9.17, 15) is 14.0 Å². The van der Waals surface area contributed by atoms with Crippen LogP contribution in [0.25, 0.3) is 0 Å². The van der Waals surface area contributed by atoms with Gasteiger partial charge >= 0.3 is 6.09 Å². The molecule has 0 bridgehead atoms. The predicted octanol–water partition coefficient (Wildman–Crippen LogP) is 3.16. The van der Waals surface area contributed by atoms with Crippen molar-refractivity contribution in [1.82, 2.24) is 10.6 Å². The van der Waals surface area contributed by atoms with Gasteiger partial charge in [-0.1, -0.05) is 6.07 Å². The lowest BCUT2D eigenvalue weighted by Crippen LogP contribution is -2.46. The van der Waals surface area contributed by atoms with E-state index in [1.165, 1.54) is 6.07 Å². The van der Waals surface area contributed by atoms with Crippen LogP contribution in [0.5, 0.6) is 0 Å². The van der Waals surface area contributed by atoms with Crippen molar-refractivity contribution in [3.8, 4) is 0 Å². The average molecular weight is 389 g/mol. The molecular formula is C16H22BrFN2O3. The van der Waals surface area contributed by atoms with Crippen molar-refractivity contribution >= 4 is 27.9 Å². The fourth-order valence-electron chi connectivity index (χ4n) is 1.73. The molecule has 128 valence electrons. The third-order valence-electron chi connectivity index (χ3n) is 2.82. The zero-order valence-electron chi connectivity index (χ0n) is 13.7. The fourth-order valence-corrected chi connectivity index (χ4v) is 2.15. The predicted molar refractivity (Wildman–Crippen MR) is 89.6 cm³/mol. The topological polar surface area (TPSA) is 67.4 Å². The Morgan fingerprint density at radius 1 is 1.35 bits per heavy atom. The lowest BCUT2D eigenvalue weighted by molar-refractivity contribution is -0.122. The van der Waals surface area contributed by atoms with E-state index in [1.807, 2.05) is 0 Å². The van der Waals surface area contributed by atoms with Gasteiger partial charge in [0.2, 0.25) is 5.91 Å². The van der Waals surface area contributed by atoms with E-state index in [2.05, 4.69) is 26.6 Å². The van der Waals surface area contributed by atoms with Crippen LogP contribution in [-0.4, -0.2) is 30.2 Å².